The third-order valence-electron chi connectivity index (χ3n) is 2.13. The number of carboxylic acids is 1. The summed E-state index contributed by atoms with van der Waals surface area (Å²) in [6, 6.07) is 6.46. The van der Waals surface area contributed by atoms with Gasteiger partial charge in [-0.15, -0.1) is 12.3 Å². The minimum absolute atomic E-state index is 0.188. The van der Waals surface area contributed by atoms with E-state index in [-0.39, 0.29) is 10.8 Å². The van der Waals surface area contributed by atoms with Gasteiger partial charge >= 0.3 is 5.97 Å². The first-order valence-electron chi connectivity index (χ1n) is 5.08. The van der Waals surface area contributed by atoms with E-state index in [2.05, 4.69) is 6.58 Å². The predicted octanol–water partition coefficient (Wildman–Crippen LogP) is 1.81. The molecule has 0 fully saturated rings. The van der Waals surface area contributed by atoms with Crippen molar-refractivity contribution in [1.82, 2.24) is 0 Å². The van der Waals surface area contributed by atoms with Crippen LogP contribution in [0.1, 0.15) is 24.2 Å². The van der Waals surface area contributed by atoms with Crippen molar-refractivity contribution < 1.29 is 14.6 Å². The minimum Gasteiger partial charge on any atom is -0.492 e. The van der Waals surface area contributed by atoms with Crippen LogP contribution in [0.2, 0.25) is 0 Å². The van der Waals surface area contributed by atoms with Crippen molar-refractivity contribution in [3.63, 3.8) is 0 Å². The summed E-state index contributed by atoms with van der Waals surface area (Å²) in [4.78, 5) is 10.7. The molecule has 0 saturated carbocycles. The van der Waals surface area contributed by atoms with Crippen molar-refractivity contribution in [1.29, 1.82) is 0 Å². The molecule has 0 atom stereocenters. The number of carbonyl (C=O) groups is 1. The molecule has 1 rings (SSSR count). The Morgan fingerprint density at radius 2 is 2.00 bits per heavy atom. The Balaban J connectivity index is 2.75. The van der Waals surface area contributed by atoms with Crippen LogP contribution in [0.25, 0.3) is 0 Å². The van der Waals surface area contributed by atoms with Gasteiger partial charge in [-0.1, -0.05) is 0 Å². The number of hydrogen-bond acceptors (Lipinski definition) is 2. The Kier molecular flexibility index (Phi) is 3.90. The summed E-state index contributed by atoms with van der Waals surface area (Å²) in [5.41, 5.74) is 2.21. The lowest BCUT2D eigenvalue weighted by Gasteiger charge is -2.24. The highest BCUT2D eigenvalue weighted by Gasteiger charge is 2.18. The average molecular weight is 236 g/mol. The molecule has 0 unspecified atom stereocenters. The molecule has 0 amide bonds. The molecular formula is C12H16O3Si. The standard InChI is InChI=1S/C12H16O3Si/c1-4-16-12(2,3)15-10-7-5-9(6-8-10)11(13)14/h4-8H,1,16H2,2-3H3,(H,13,14). The fraction of sp³-hybridized carbons (Fsp3) is 0.250. The molecule has 4 heteroatoms. The van der Waals surface area contributed by atoms with Crippen molar-refractivity contribution in [2.45, 2.75) is 19.1 Å². The second-order valence-electron chi connectivity index (χ2n) is 4.18. The third-order valence-corrected chi connectivity index (χ3v) is 3.55. The summed E-state index contributed by atoms with van der Waals surface area (Å²) in [6.45, 7) is 7.77. The molecule has 0 bridgehead atoms. The van der Waals surface area contributed by atoms with Crippen molar-refractivity contribution in [3.8, 4) is 5.75 Å². The largest absolute Gasteiger partial charge is 0.492 e. The van der Waals surface area contributed by atoms with E-state index in [1.165, 1.54) is 0 Å². The average Bonchev–Trinajstić information content (AvgIpc) is 2.17. The van der Waals surface area contributed by atoms with E-state index in [1.54, 1.807) is 24.3 Å². The molecule has 0 heterocycles. The molecular weight excluding hydrogens is 220 g/mol. The van der Waals surface area contributed by atoms with Crippen LogP contribution in [0.15, 0.2) is 36.5 Å². The minimum atomic E-state index is -0.925. The number of aromatic carboxylic acids is 1. The van der Waals surface area contributed by atoms with E-state index in [0.29, 0.717) is 5.75 Å². The van der Waals surface area contributed by atoms with Gasteiger partial charge in [0.25, 0.3) is 0 Å². The first-order chi connectivity index (χ1) is 7.44. The molecule has 0 saturated heterocycles. The smallest absolute Gasteiger partial charge is 0.335 e. The van der Waals surface area contributed by atoms with Crippen LogP contribution in [0.3, 0.4) is 0 Å². The monoisotopic (exact) mass is 236 g/mol. The first kappa shape index (κ1) is 12.5. The Morgan fingerprint density at radius 1 is 1.44 bits per heavy atom. The summed E-state index contributed by atoms with van der Waals surface area (Å²) in [5.74, 6) is -0.226. The Morgan fingerprint density at radius 3 is 2.44 bits per heavy atom. The number of benzene rings is 1. The van der Waals surface area contributed by atoms with Crippen LogP contribution in [-0.2, 0) is 0 Å². The maximum absolute atomic E-state index is 10.7. The van der Waals surface area contributed by atoms with Crippen LogP contribution in [0.4, 0.5) is 0 Å². The van der Waals surface area contributed by atoms with Crippen molar-refractivity contribution in [3.05, 3.63) is 42.1 Å². The fourth-order valence-corrected chi connectivity index (χ4v) is 2.32. The third kappa shape index (κ3) is 3.55. The van der Waals surface area contributed by atoms with Crippen molar-refractivity contribution >= 4 is 15.5 Å². The SMILES string of the molecule is C=C[SiH2]C(C)(C)Oc1ccc(C(=O)O)cc1. The highest BCUT2D eigenvalue weighted by atomic mass is 28.2. The van der Waals surface area contributed by atoms with Crippen LogP contribution in [0, 0.1) is 0 Å². The summed E-state index contributed by atoms with van der Waals surface area (Å²) in [5, 5.41) is 8.56. The molecule has 0 spiro atoms. The van der Waals surface area contributed by atoms with Gasteiger partial charge in [0.05, 0.1) is 20.3 Å². The van der Waals surface area contributed by atoms with E-state index in [9.17, 15) is 4.79 Å². The second kappa shape index (κ2) is 4.98. The molecule has 1 aromatic rings. The molecule has 1 N–H and O–H groups in total. The first-order valence-corrected chi connectivity index (χ1v) is 6.60. The fourth-order valence-electron chi connectivity index (χ4n) is 1.37. The molecule has 1 aromatic carbocycles. The lowest BCUT2D eigenvalue weighted by molar-refractivity contribution is 0.0697. The molecule has 0 aliphatic carbocycles. The number of carboxylic acid groups (broad SMARTS) is 1. The Hall–Kier alpha value is -1.55. The van der Waals surface area contributed by atoms with E-state index < -0.39 is 15.5 Å². The topological polar surface area (TPSA) is 46.5 Å². The Labute approximate surface area is 97.6 Å². The summed E-state index contributed by atoms with van der Waals surface area (Å²) in [7, 11) is -0.494. The molecule has 0 aliphatic heterocycles. The number of hydrogen-bond donors (Lipinski definition) is 1. The molecule has 86 valence electrons. The summed E-state index contributed by atoms with van der Waals surface area (Å²) < 4.78 is 5.77. The lowest BCUT2D eigenvalue weighted by atomic mass is 10.2. The van der Waals surface area contributed by atoms with Gasteiger partial charge < -0.3 is 9.84 Å². The molecule has 0 aromatic heterocycles. The van der Waals surface area contributed by atoms with E-state index in [4.69, 9.17) is 9.84 Å². The van der Waals surface area contributed by atoms with Gasteiger partial charge in [0, 0.05) is 0 Å². The Bertz CT molecular complexity index is 382. The summed E-state index contributed by atoms with van der Waals surface area (Å²) in [6.07, 6.45) is 0. The maximum atomic E-state index is 10.7. The van der Waals surface area contributed by atoms with Crippen LogP contribution >= 0.6 is 0 Å². The molecule has 0 radical (unpaired) electrons. The number of rotatable bonds is 5. The predicted molar refractivity (Wildman–Crippen MR) is 66.8 cm³/mol. The number of ether oxygens (including phenoxy) is 1. The van der Waals surface area contributed by atoms with Gasteiger partial charge in [-0.05, 0) is 38.1 Å². The van der Waals surface area contributed by atoms with E-state index in [1.807, 2.05) is 19.5 Å². The van der Waals surface area contributed by atoms with Gasteiger partial charge in [-0.25, -0.2) is 4.79 Å². The molecule has 3 nitrogen and oxygen atoms in total. The van der Waals surface area contributed by atoms with Crippen molar-refractivity contribution in [2.24, 2.45) is 0 Å². The summed E-state index contributed by atoms with van der Waals surface area (Å²) >= 11 is 0. The van der Waals surface area contributed by atoms with Crippen LogP contribution < -0.4 is 4.74 Å². The quantitative estimate of drug-likeness (QED) is 0.793. The zero-order valence-electron chi connectivity index (χ0n) is 9.56. The van der Waals surface area contributed by atoms with Gasteiger partial charge in [0.15, 0.2) is 0 Å². The normalized spacial score (nSPS) is 11.6. The van der Waals surface area contributed by atoms with Gasteiger partial charge in [0.2, 0.25) is 0 Å². The van der Waals surface area contributed by atoms with Gasteiger partial charge in [0.1, 0.15) is 5.75 Å². The van der Waals surface area contributed by atoms with E-state index >= 15 is 0 Å². The zero-order chi connectivity index (χ0) is 12.2. The molecule has 16 heavy (non-hydrogen) atoms. The maximum Gasteiger partial charge on any atom is 0.335 e. The zero-order valence-corrected chi connectivity index (χ0v) is 11.0. The van der Waals surface area contributed by atoms with E-state index in [0.717, 1.165) is 0 Å². The van der Waals surface area contributed by atoms with Crippen LogP contribution in [-0.4, -0.2) is 25.8 Å². The van der Waals surface area contributed by atoms with Crippen molar-refractivity contribution in [2.75, 3.05) is 0 Å². The highest BCUT2D eigenvalue weighted by Crippen LogP contribution is 2.18. The lowest BCUT2D eigenvalue weighted by Crippen LogP contribution is -2.34. The van der Waals surface area contributed by atoms with Gasteiger partial charge in [-0.3, -0.25) is 0 Å². The second-order valence-corrected chi connectivity index (χ2v) is 6.87. The van der Waals surface area contributed by atoms with Gasteiger partial charge in [-0.2, -0.15) is 0 Å². The van der Waals surface area contributed by atoms with Crippen LogP contribution in [0.5, 0.6) is 5.75 Å². The highest BCUT2D eigenvalue weighted by molar-refractivity contribution is 6.45. The molecule has 0 aliphatic rings.